The van der Waals surface area contributed by atoms with Crippen LogP contribution in [0.1, 0.15) is 19.3 Å². The number of carbonyl (C=O) groups excluding carboxylic acids is 1. The van der Waals surface area contributed by atoms with Gasteiger partial charge in [0.25, 0.3) is 0 Å². The normalized spacial score (nSPS) is 23.2. The van der Waals surface area contributed by atoms with Crippen LogP contribution in [0.15, 0.2) is 18.3 Å². The number of nitrogens with one attached hydrogen (secondary N) is 1. The Bertz CT molecular complexity index is 710. The molecule has 1 saturated carbocycles. The number of anilines is 1. The van der Waals surface area contributed by atoms with E-state index in [2.05, 4.69) is 15.2 Å². The maximum absolute atomic E-state index is 13.0. The Morgan fingerprint density at radius 2 is 2.08 bits per heavy atom. The Morgan fingerprint density at radius 1 is 1.36 bits per heavy atom. The van der Waals surface area contributed by atoms with Gasteiger partial charge >= 0.3 is 0 Å². The smallest absolute Gasteiger partial charge is 0.221 e. The highest BCUT2D eigenvalue weighted by atomic mass is 35.5. The lowest BCUT2D eigenvalue weighted by atomic mass is 9.98. The molecule has 3 rings (SSSR count). The van der Waals surface area contributed by atoms with Gasteiger partial charge in [-0.15, -0.1) is 12.4 Å². The van der Waals surface area contributed by atoms with Crippen molar-refractivity contribution >= 4 is 34.0 Å². The zero-order chi connectivity index (χ0) is 17.3. The van der Waals surface area contributed by atoms with Gasteiger partial charge in [-0.2, -0.15) is 0 Å². The van der Waals surface area contributed by atoms with Gasteiger partial charge in [0.15, 0.2) is 0 Å². The molecule has 140 valence electrons. The van der Waals surface area contributed by atoms with E-state index < -0.39 is 9.84 Å². The summed E-state index contributed by atoms with van der Waals surface area (Å²) in [4.78, 5) is 18.2. The number of amides is 1. The Kier molecular flexibility index (Phi) is 6.26. The number of nitrogens with zero attached hydrogens (tertiary/aromatic N) is 2. The van der Waals surface area contributed by atoms with E-state index in [4.69, 9.17) is 0 Å². The second kappa shape index (κ2) is 7.86. The first-order chi connectivity index (χ1) is 11.3. The molecule has 6 nitrogen and oxygen atoms in total. The Labute approximate surface area is 153 Å². The lowest BCUT2D eigenvalue weighted by Gasteiger charge is -2.19. The molecule has 2 fully saturated rings. The summed E-state index contributed by atoms with van der Waals surface area (Å²) in [6.45, 7) is 1.39. The second-order valence-corrected chi connectivity index (χ2v) is 9.05. The van der Waals surface area contributed by atoms with Crippen LogP contribution in [0.2, 0.25) is 0 Å². The fourth-order valence-corrected chi connectivity index (χ4v) is 3.84. The van der Waals surface area contributed by atoms with Gasteiger partial charge in [-0.05, 0) is 30.9 Å². The molecule has 25 heavy (non-hydrogen) atoms. The van der Waals surface area contributed by atoms with Crippen LogP contribution in [0.3, 0.4) is 0 Å². The first-order valence-corrected chi connectivity index (χ1v) is 10.2. The number of rotatable bonds is 6. The summed E-state index contributed by atoms with van der Waals surface area (Å²) in [7, 11) is -3.14. The molecule has 2 aliphatic rings. The van der Waals surface area contributed by atoms with Crippen LogP contribution in [0.25, 0.3) is 0 Å². The Morgan fingerprint density at radius 3 is 2.64 bits per heavy atom. The fourth-order valence-electron chi connectivity index (χ4n) is 3.28. The highest BCUT2D eigenvalue weighted by Crippen LogP contribution is 2.42. The van der Waals surface area contributed by atoms with Gasteiger partial charge in [0.2, 0.25) is 5.91 Å². The lowest BCUT2D eigenvalue weighted by Crippen LogP contribution is -2.41. The number of hydrogen-bond acceptors (Lipinski definition) is 5. The highest BCUT2D eigenvalue weighted by molar-refractivity contribution is 7.90. The third-order valence-electron chi connectivity index (χ3n) is 4.67. The summed E-state index contributed by atoms with van der Waals surface area (Å²) in [6.07, 6.45) is 4.63. The van der Waals surface area contributed by atoms with Crippen LogP contribution in [-0.2, 0) is 14.6 Å². The van der Waals surface area contributed by atoms with Crippen LogP contribution in [0.5, 0.6) is 0 Å². The van der Waals surface area contributed by atoms with Crippen molar-refractivity contribution in [3.05, 3.63) is 24.1 Å². The van der Waals surface area contributed by atoms with Gasteiger partial charge in [-0.25, -0.2) is 17.8 Å². The van der Waals surface area contributed by atoms with Gasteiger partial charge in [-0.1, -0.05) is 0 Å². The van der Waals surface area contributed by atoms with Crippen LogP contribution in [-0.4, -0.2) is 50.4 Å². The summed E-state index contributed by atoms with van der Waals surface area (Å²) in [5.41, 5.74) is 0. The predicted molar refractivity (Wildman–Crippen MR) is 96.1 cm³/mol. The van der Waals surface area contributed by atoms with Crippen molar-refractivity contribution in [3.63, 3.8) is 0 Å². The molecular formula is C16H23ClFN3O3S. The first kappa shape index (κ1) is 19.9. The molecule has 0 radical (unpaired) electrons. The molecule has 1 N–H and O–H groups in total. The van der Waals surface area contributed by atoms with Crippen LogP contribution in [0.4, 0.5) is 10.2 Å². The molecule has 9 heteroatoms. The third-order valence-corrected chi connectivity index (χ3v) is 5.62. The molecule has 0 bridgehead atoms. The van der Waals surface area contributed by atoms with E-state index in [1.54, 1.807) is 6.07 Å². The summed E-state index contributed by atoms with van der Waals surface area (Å²) in [6, 6.07) is 3.01. The average Bonchev–Trinajstić information content (AvgIpc) is 3.27. The van der Waals surface area contributed by atoms with Crippen LogP contribution >= 0.6 is 12.4 Å². The van der Waals surface area contributed by atoms with Crippen molar-refractivity contribution in [3.8, 4) is 0 Å². The first-order valence-electron chi connectivity index (χ1n) is 8.15. The highest BCUT2D eigenvalue weighted by Gasteiger charge is 2.43. The zero-order valence-electron chi connectivity index (χ0n) is 14.0. The minimum atomic E-state index is -3.14. The standard InChI is InChI=1S/C16H22FN3O3S.ClH/c1-24(22,23)7-6-16(21)19-14-10-20(9-13(14)11-2-3-11)15-5-4-12(17)8-18-15;/h4-5,8,11,13-14H,2-3,6-7,9-10H2,1H3,(H,19,21);1H/t13-,14+;/m1./s1. The van der Waals surface area contributed by atoms with E-state index in [-0.39, 0.29) is 42.3 Å². The number of pyridine rings is 1. The molecule has 1 aromatic heterocycles. The molecule has 0 unspecified atom stereocenters. The largest absolute Gasteiger partial charge is 0.354 e. The van der Waals surface area contributed by atoms with Gasteiger partial charge < -0.3 is 10.2 Å². The topological polar surface area (TPSA) is 79.4 Å². The Balaban J connectivity index is 0.00000225. The average molecular weight is 392 g/mol. The van der Waals surface area contributed by atoms with Gasteiger partial charge in [0, 0.05) is 31.7 Å². The number of sulfone groups is 1. The van der Waals surface area contributed by atoms with Crippen molar-refractivity contribution in [1.82, 2.24) is 10.3 Å². The number of halogens is 2. The van der Waals surface area contributed by atoms with E-state index in [0.29, 0.717) is 24.2 Å². The number of aromatic nitrogens is 1. The molecule has 1 aromatic rings. The molecular weight excluding hydrogens is 369 g/mol. The monoisotopic (exact) mass is 391 g/mol. The zero-order valence-corrected chi connectivity index (χ0v) is 15.7. The second-order valence-electron chi connectivity index (χ2n) is 6.79. The van der Waals surface area contributed by atoms with Crippen molar-refractivity contribution in [2.45, 2.75) is 25.3 Å². The number of carbonyl (C=O) groups is 1. The number of hydrogen-bond donors (Lipinski definition) is 1. The van der Waals surface area contributed by atoms with Crippen LogP contribution < -0.4 is 10.2 Å². The van der Waals surface area contributed by atoms with Gasteiger partial charge in [0.05, 0.1) is 18.0 Å². The fraction of sp³-hybridized carbons (Fsp3) is 0.625. The summed E-state index contributed by atoms with van der Waals surface area (Å²) in [5.74, 6) is 0.889. The maximum Gasteiger partial charge on any atom is 0.221 e. The van der Waals surface area contributed by atoms with Gasteiger partial charge in [-0.3, -0.25) is 4.79 Å². The summed E-state index contributed by atoms with van der Waals surface area (Å²) >= 11 is 0. The molecule has 1 saturated heterocycles. The maximum atomic E-state index is 13.0. The molecule has 0 spiro atoms. The third kappa shape index (κ3) is 5.54. The SMILES string of the molecule is CS(=O)(=O)CCC(=O)N[C@H]1CN(c2ccc(F)cn2)C[C@@H]1C1CC1.Cl. The summed E-state index contributed by atoms with van der Waals surface area (Å²) < 4.78 is 35.4. The van der Waals surface area contributed by atoms with Crippen LogP contribution in [0, 0.1) is 17.7 Å². The van der Waals surface area contributed by atoms with E-state index in [1.807, 2.05) is 0 Å². The van der Waals surface area contributed by atoms with Gasteiger partial charge in [0.1, 0.15) is 21.5 Å². The van der Waals surface area contributed by atoms with Crippen molar-refractivity contribution in [2.24, 2.45) is 11.8 Å². The molecule has 2 heterocycles. The van der Waals surface area contributed by atoms with Crippen molar-refractivity contribution < 1.29 is 17.6 Å². The summed E-state index contributed by atoms with van der Waals surface area (Å²) in [5, 5.41) is 2.99. The van der Waals surface area contributed by atoms with Crippen molar-refractivity contribution in [1.29, 1.82) is 0 Å². The molecule has 1 aliphatic carbocycles. The molecule has 1 aliphatic heterocycles. The quantitative estimate of drug-likeness (QED) is 0.793. The van der Waals surface area contributed by atoms with Crippen molar-refractivity contribution in [2.75, 3.05) is 30.0 Å². The van der Waals surface area contributed by atoms with E-state index in [9.17, 15) is 17.6 Å². The molecule has 0 aromatic carbocycles. The van der Waals surface area contributed by atoms with E-state index in [1.165, 1.54) is 12.3 Å². The van der Waals surface area contributed by atoms with E-state index in [0.717, 1.165) is 25.6 Å². The molecule has 2 atom stereocenters. The Hall–Kier alpha value is -1.41. The lowest BCUT2D eigenvalue weighted by molar-refractivity contribution is -0.121. The molecule has 1 amide bonds. The van der Waals surface area contributed by atoms with E-state index >= 15 is 0 Å². The minimum absolute atomic E-state index is 0. The minimum Gasteiger partial charge on any atom is -0.354 e. The predicted octanol–water partition coefficient (Wildman–Crippen LogP) is 1.41.